The predicted molar refractivity (Wildman–Crippen MR) is 174 cm³/mol. The Balaban J connectivity index is 1.58. The molecule has 11 heteroatoms. The average Bonchev–Trinajstić information content (AvgIpc) is 3.59. The summed E-state index contributed by atoms with van der Waals surface area (Å²) in [4.78, 5) is 29.6. The van der Waals surface area contributed by atoms with E-state index in [9.17, 15) is 31.2 Å². The molecule has 1 atom stereocenters. The molecule has 5 rings (SSSR count). The highest BCUT2D eigenvalue weighted by Gasteiger charge is 2.37. The third-order valence-corrected chi connectivity index (χ3v) is 10.0. The van der Waals surface area contributed by atoms with Gasteiger partial charge in [-0.2, -0.15) is 13.2 Å². The zero-order valence-corrected chi connectivity index (χ0v) is 26.5. The fourth-order valence-electron chi connectivity index (χ4n) is 5.79. The lowest BCUT2D eigenvalue weighted by Gasteiger charge is -2.34. The van der Waals surface area contributed by atoms with Crippen molar-refractivity contribution in [3.63, 3.8) is 0 Å². The normalized spacial score (nSPS) is 14.4. The maximum atomic E-state index is 14.5. The number of benzene rings is 4. The van der Waals surface area contributed by atoms with E-state index >= 15 is 0 Å². The summed E-state index contributed by atoms with van der Waals surface area (Å²) in [6.45, 7) is -0.871. The molecule has 0 bridgehead atoms. The number of rotatable bonds is 12. The van der Waals surface area contributed by atoms with E-state index in [1.807, 2.05) is 36.4 Å². The minimum absolute atomic E-state index is 0.0307. The zero-order chi connectivity index (χ0) is 33.4. The highest BCUT2D eigenvalue weighted by Crippen LogP contribution is 2.33. The quantitative estimate of drug-likeness (QED) is 0.185. The number of sulfonamides is 1. The topological polar surface area (TPSA) is 86.8 Å². The highest BCUT2D eigenvalue weighted by atomic mass is 32.2. The summed E-state index contributed by atoms with van der Waals surface area (Å²) in [5, 5.41) is 3.10. The van der Waals surface area contributed by atoms with Crippen LogP contribution in [-0.4, -0.2) is 43.8 Å². The third kappa shape index (κ3) is 8.59. The van der Waals surface area contributed by atoms with Gasteiger partial charge < -0.3 is 10.2 Å². The number of nitrogens with zero attached hydrogens (tertiary/aromatic N) is 2. The second-order valence-corrected chi connectivity index (χ2v) is 13.4. The lowest BCUT2D eigenvalue weighted by atomic mass is 10.0. The number of hydrogen-bond acceptors (Lipinski definition) is 4. The van der Waals surface area contributed by atoms with Crippen molar-refractivity contribution in [2.24, 2.45) is 0 Å². The molecule has 1 aliphatic carbocycles. The molecule has 47 heavy (non-hydrogen) atoms. The summed E-state index contributed by atoms with van der Waals surface area (Å²) < 4.78 is 70.0. The van der Waals surface area contributed by atoms with Crippen LogP contribution in [-0.2, 0) is 38.8 Å². The number of carbonyl (C=O) groups excluding carboxylic acids is 2. The number of carbonyl (C=O) groups is 2. The number of anilines is 1. The molecular weight excluding hydrogens is 627 g/mol. The summed E-state index contributed by atoms with van der Waals surface area (Å²) in [7, 11) is -4.52. The fraction of sp³-hybridized carbons (Fsp3) is 0.278. The van der Waals surface area contributed by atoms with E-state index in [2.05, 4.69) is 5.32 Å². The Bertz CT molecular complexity index is 1750. The summed E-state index contributed by atoms with van der Waals surface area (Å²) in [6.07, 6.45) is -1.02. The molecule has 0 aliphatic heterocycles. The van der Waals surface area contributed by atoms with E-state index in [4.69, 9.17) is 0 Å². The van der Waals surface area contributed by atoms with Crippen LogP contribution >= 0.6 is 0 Å². The van der Waals surface area contributed by atoms with Crippen LogP contribution in [0.5, 0.6) is 0 Å². The van der Waals surface area contributed by atoms with Crippen molar-refractivity contribution in [2.45, 2.75) is 61.8 Å². The molecule has 1 N–H and O–H groups in total. The predicted octanol–water partition coefficient (Wildman–Crippen LogP) is 6.60. The van der Waals surface area contributed by atoms with E-state index in [1.54, 1.807) is 30.3 Å². The van der Waals surface area contributed by atoms with Gasteiger partial charge in [-0.15, -0.1) is 0 Å². The Morgan fingerprint density at radius 1 is 0.787 bits per heavy atom. The van der Waals surface area contributed by atoms with Crippen molar-refractivity contribution in [2.75, 3.05) is 10.8 Å². The molecule has 2 amide bonds. The standard InChI is InChI=1S/C36H36F3N3O4S/c37-36(38,39)29-17-12-20-31(24-29)42(47(45,46)32-21-8-3-9-22-32)26-34(43)41(25-28-15-6-2-7-16-28)33(23-27-13-4-1-5-14-27)35(44)40-30-18-10-11-19-30/h1-9,12-17,20-22,24,30,33H,10-11,18-19,23,25-26H2,(H,40,44). The van der Waals surface area contributed by atoms with Crippen molar-refractivity contribution in [1.82, 2.24) is 10.2 Å². The molecule has 0 aromatic heterocycles. The van der Waals surface area contributed by atoms with Crippen LogP contribution in [0.2, 0.25) is 0 Å². The molecule has 1 aliphatic rings. The SMILES string of the molecule is O=C(NC1CCCC1)C(Cc1ccccc1)N(Cc1ccccc1)C(=O)CN(c1cccc(C(F)(F)F)c1)S(=O)(=O)c1ccccc1. The van der Waals surface area contributed by atoms with Crippen LogP contribution in [0.15, 0.2) is 120 Å². The summed E-state index contributed by atoms with van der Waals surface area (Å²) in [5.41, 5.74) is 0.0992. The molecule has 1 fully saturated rings. The van der Waals surface area contributed by atoms with Gasteiger partial charge in [-0.25, -0.2) is 8.42 Å². The first-order valence-electron chi connectivity index (χ1n) is 15.4. The van der Waals surface area contributed by atoms with Crippen LogP contribution in [0, 0.1) is 0 Å². The maximum absolute atomic E-state index is 14.5. The number of amides is 2. The van der Waals surface area contributed by atoms with Crippen molar-refractivity contribution in [3.05, 3.63) is 132 Å². The third-order valence-electron chi connectivity index (χ3n) is 8.24. The van der Waals surface area contributed by atoms with Crippen LogP contribution < -0.4 is 9.62 Å². The molecule has 1 unspecified atom stereocenters. The first kappa shape index (κ1) is 33.7. The van der Waals surface area contributed by atoms with Crippen LogP contribution in [0.1, 0.15) is 42.4 Å². The molecular formula is C36H36F3N3O4S. The number of alkyl halides is 3. The van der Waals surface area contributed by atoms with E-state index in [-0.39, 0.29) is 35.5 Å². The molecule has 0 saturated heterocycles. The minimum atomic E-state index is -4.75. The van der Waals surface area contributed by atoms with Crippen molar-refractivity contribution in [1.29, 1.82) is 0 Å². The summed E-state index contributed by atoms with van der Waals surface area (Å²) in [5.74, 6) is -1.12. The maximum Gasteiger partial charge on any atom is 0.416 e. The molecule has 0 spiro atoms. The Hall–Kier alpha value is -4.64. The van der Waals surface area contributed by atoms with Gasteiger partial charge in [0, 0.05) is 19.0 Å². The molecule has 1 saturated carbocycles. The fourth-order valence-corrected chi connectivity index (χ4v) is 7.21. The first-order chi connectivity index (χ1) is 22.5. The van der Waals surface area contributed by atoms with Gasteiger partial charge in [-0.05, 0) is 54.3 Å². The molecule has 0 heterocycles. The second kappa shape index (κ2) is 14.8. The van der Waals surface area contributed by atoms with E-state index in [1.165, 1.54) is 35.2 Å². The summed E-state index contributed by atoms with van der Waals surface area (Å²) in [6, 6.07) is 28.2. The largest absolute Gasteiger partial charge is 0.416 e. The molecule has 0 radical (unpaired) electrons. The highest BCUT2D eigenvalue weighted by molar-refractivity contribution is 7.92. The van der Waals surface area contributed by atoms with Gasteiger partial charge >= 0.3 is 6.18 Å². The lowest BCUT2D eigenvalue weighted by Crippen LogP contribution is -2.54. The van der Waals surface area contributed by atoms with Crippen molar-refractivity contribution >= 4 is 27.5 Å². The Kier molecular flexibility index (Phi) is 10.7. The van der Waals surface area contributed by atoms with Crippen LogP contribution in [0.25, 0.3) is 0 Å². The Morgan fingerprint density at radius 3 is 1.96 bits per heavy atom. The van der Waals surface area contributed by atoms with Gasteiger partial charge in [-0.1, -0.05) is 97.8 Å². The van der Waals surface area contributed by atoms with Crippen LogP contribution in [0.4, 0.5) is 18.9 Å². The van der Waals surface area contributed by atoms with Gasteiger partial charge in [0.25, 0.3) is 10.0 Å². The van der Waals surface area contributed by atoms with Crippen LogP contribution in [0.3, 0.4) is 0 Å². The average molecular weight is 664 g/mol. The molecule has 4 aromatic carbocycles. The van der Waals surface area contributed by atoms with Gasteiger partial charge in [0.15, 0.2) is 0 Å². The number of hydrogen-bond donors (Lipinski definition) is 1. The first-order valence-corrected chi connectivity index (χ1v) is 16.9. The van der Waals surface area contributed by atoms with Gasteiger partial charge in [0.05, 0.1) is 16.1 Å². The molecule has 4 aromatic rings. The Labute approximate surface area is 273 Å². The van der Waals surface area contributed by atoms with Gasteiger partial charge in [0.2, 0.25) is 11.8 Å². The van der Waals surface area contributed by atoms with E-state index in [0.29, 0.717) is 15.9 Å². The number of halogens is 3. The van der Waals surface area contributed by atoms with Crippen molar-refractivity contribution in [3.8, 4) is 0 Å². The molecule has 7 nitrogen and oxygen atoms in total. The van der Waals surface area contributed by atoms with E-state index in [0.717, 1.165) is 43.4 Å². The lowest BCUT2D eigenvalue weighted by molar-refractivity contribution is -0.140. The minimum Gasteiger partial charge on any atom is -0.352 e. The van der Waals surface area contributed by atoms with Gasteiger partial charge in [0.1, 0.15) is 12.6 Å². The van der Waals surface area contributed by atoms with E-state index < -0.39 is 40.3 Å². The zero-order valence-electron chi connectivity index (χ0n) is 25.6. The number of nitrogens with one attached hydrogen (secondary N) is 1. The monoisotopic (exact) mass is 663 g/mol. The van der Waals surface area contributed by atoms with Crippen molar-refractivity contribution < 1.29 is 31.2 Å². The Morgan fingerprint density at radius 2 is 1.36 bits per heavy atom. The smallest absolute Gasteiger partial charge is 0.352 e. The molecule has 246 valence electrons. The second-order valence-electron chi connectivity index (χ2n) is 11.6. The summed E-state index contributed by atoms with van der Waals surface area (Å²) >= 11 is 0. The van der Waals surface area contributed by atoms with Gasteiger partial charge in [-0.3, -0.25) is 13.9 Å².